The van der Waals surface area contributed by atoms with Crippen LogP contribution in [-0.2, 0) is 4.79 Å². The summed E-state index contributed by atoms with van der Waals surface area (Å²) in [5.41, 5.74) is 6.59. The normalized spacial score (nSPS) is 17.2. The fourth-order valence-corrected chi connectivity index (χ4v) is 3.98. The van der Waals surface area contributed by atoms with Gasteiger partial charge in [0.2, 0.25) is 0 Å². The number of nitrogen functional groups attached to an aromatic ring is 1. The number of nitriles is 2. The number of rotatable bonds is 3. The quantitative estimate of drug-likeness (QED) is 0.912. The zero-order valence-corrected chi connectivity index (χ0v) is 13.6. The number of carbonyl (C=O) groups excluding carboxylic acids is 1. The number of hydrogen-bond acceptors (Lipinski definition) is 7. The van der Waals surface area contributed by atoms with Crippen molar-refractivity contribution in [1.29, 1.82) is 10.5 Å². The Morgan fingerprint density at radius 1 is 1.29 bits per heavy atom. The molecule has 7 heteroatoms. The first-order chi connectivity index (χ1) is 11.7. The zero-order valence-electron chi connectivity index (χ0n) is 12.8. The van der Waals surface area contributed by atoms with Crippen LogP contribution in [0, 0.1) is 22.7 Å². The second-order valence-corrected chi connectivity index (χ2v) is 6.64. The van der Waals surface area contributed by atoms with Gasteiger partial charge in [-0.15, -0.1) is 0 Å². The zero-order chi connectivity index (χ0) is 17.1. The molecule has 2 N–H and O–H groups in total. The van der Waals surface area contributed by atoms with E-state index in [1.165, 1.54) is 18.0 Å². The number of nitrogens with two attached hydrogens (primary N) is 1. The number of pyridine rings is 1. The molecule has 0 aromatic carbocycles. The lowest BCUT2D eigenvalue weighted by atomic mass is 9.99. The van der Waals surface area contributed by atoms with Gasteiger partial charge in [0.05, 0.1) is 22.6 Å². The van der Waals surface area contributed by atoms with Crippen molar-refractivity contribution in [2.24, 2.45) is 0 Å². The van der Waals surface area contributed by atoms with E-state index in [1.807, 2.05) is 6.07 Å². The summed E-state index contributed by atoms with van der Waals surface area (Å²) >= 11 is 1.25. The van der Waals surface area contributed by atoms with E-state index in [4.69, 9.17) is 10.2 Å². The number of furan rings is 1. The molecule has 0 radical (unpaired) electrons. The first-order valence-corrected chi connectivity index (χ1v) is 8.40. The van der Waals surface area contributed by atoms with Gasteiger partial charge < -0.3 is 10.2 Å². The van der Waals surface area contributed by atoms with Crippen molar-refractivity contribution in [3.63, 3.8) is 0 Å². The minimum Gasteiger partial charge on any atom is -0.464 e. The molecule has 0 unspecified atom stereocenters. The lowest BCUT2D eigenvalue weighted by Crippen LogP contribution is -2.21. The summed E-state index contributed by atoms with van der Waals surface area (Å²) in [5.74, 6) is 0.585. The van der Waals surface area contributed by atoms with Crippen LogP contribution in [0.1, 0.15) is 36.8 Å². The highest BCUT2D eigenvalue weighted by Gasteiger charge is 2.28. The second-order valence-electron chi connectivity index (χ2n) is 5.45. The summed E-state index contributed by atoms with van der Waals surface area (Å²) in [7, 11) is 0. The molecular weight excluding hydrogens is 324 g/mol. The van der Waals surface area contributed by atoms with Crippen molar-refractivity contribution in [1.82, 2.24) is 4.98 Å². The lowest BCUT2D eigenvalue weighted by molar-refractivity contribution is -0.119. The van der Waals surface area contributed by atoms with Crippen molar-refractivity contribution >= 4 is 23.4 Å². The number of carbonyl (C=O) groups is 1. The largest absolute Gasteiger partial charge is 0.464 e. The van der Waals surface area contributed by atoms with E-state index in [-0.39, 0.29) is 28.0 Å². The van der Waals surface area contributed by atoms with Crippen molar-refractivity contribution < 1.29 is 9.21 Å². The fraction of sp³-hybridized carbons (Fsp3) is 0.294. The number of aromatic nitrogens is 1. The monoisotopic (exact) mass is 338 g/mol. The van der Waals surface area contributed by atoms with Crippen LogP contribution in [0.5, 0.6) is 0 Å². The molecule has 0 amide bonds. The predicted octanol–water partition coefficient (Wildman–Crippen LogP) is 3.27. The van der Waals surface area contributed by atoms with Crippen molar-refractivity contribution in [2.45, 2.75) is 36.0 Å². The van der Waals surface area contributed by atoms with Crippen LogP contribution in [0.2, 0.25) is 0 Å². The smallest absolute Gasteiger partial charge is 0.146 e. The highest BCUT2D eigenvalue weighted by atomic mass is 32.2. The van der Waals surface area contributed by atoms with E-state index in [2.05, 4.69) is 11.1 Å². The maximum Gasteiger partial charge on any atom is 0.146 e. The van der Waals surface area contributed by atoms with E-state index >= 15 is 0 Å². The number of Topliss-reactive ketones (excluding diaryl/α,β-unsaturated/α-hetero) is 1. The lowest BCUT2D eigenvalue weighted by Gasteiger charge is -2.20. The summed E-state index contributed by atoms with van der Waals surface area (Å²) in [5, 5.41) is 19.2. The molecule has 2 aromatic rings. The number of hydrogen-bond donors (Lipinski definition) is 1. The molecule has 120 valence electrons. The Morgan fingerprint density at radius 3 is 2.71 bits per heavy atom. The summed E-state index contributed by atoms with van der Waals surface area (Å²) in [6, 6.07) is 7.42. The van der Waals surface area contributed by atoms with Gasteiger partial charge in [-0.2, -0.15) is 10.5 Å². The van der Waals surface area contributed by atoms with Crippen LogP contribution in [0.3, 0.4) is 0 Å². The molecule has 1 fully saturated rings. The van der Waals surface area contributed by atoms with E-state index in [1.54, 1.807) is 12.1 Å². The molecule has 0 saturated heterocycles. The average molecular weight is 338 g/mol. The number of ketones is 1. The molecule has 2 heterocycles. The van der Waals surface area contributed by atoms with E-state index in [0.717, 1.165) is 19.3 Å². The summed E-state index contributed by atoms with van der Waals surface area (Å²) in [4.78, 5) is 16.3. The third-order valence-corrected chi connectivity index (χ3v) is 5.24. The summed E-state index contributed by atoms with van der Waals surface area (Å²) < 4.78 is 5.36. The van der Waals surface area contributed by atoms with Crippen LogP contribution in [-0.4, -0.2) is 16.0 Å². The van der Waals surface area contributed by atoms with Crippen LogP contribution in [0.4, 0.5) is 5.82 Å². The number of thioether (sulfide) groups is 1. The van der Waals surface area contributed by atoms with E-state index < -0.39 is 0 Å². The molecule has 6 nitrogen and oxygen atoms in total. The van der Waals surface area contributed by atoms with Crippen LogP contribution in [0.25, 0.3) is 11.3 Å². The average Bonchev–Trinajstić information content (AvgIpc) is 3.10. The van der Waals surface area contributed by atoms with Crippen LogP contribution in [0.15, 0.2) is 27.8 Å². The van der Waals surface area contributed by atoms with E-state index in [0.29, 0.717) is 22.8 Å². The maximum atomic E-state index is 12.1. The number of nitrogens with zero attached hydrogens (tertiary/aromatic N) is 3. The molecule has 1 aliphatic rings. The maximum absolute atomic E-state index is 12.1. The molecule has 2 aromatic heterocycles. The molecule has 1 atom stereocenters. The van der Waals surface area contributed by atoms with Gasteiger partial charge in [0.25, 0.3) is 0 Å². The minimum atomic E-state index is -0.227. The van der Waals surface area contributed by atoms with Gasteiger partial charge in [0, 0.05) is 6.42 Å². The highest BCUT2D eigenvalue weighted by molar-refractivity contribution is 8.00. The summed E-state index contributed by atoms with van der Waals surface area (Å²) in [6.07, 6.45) is 4.65. The SMILES string of the molecule is N#Cc1c(N)nc(S[C@@H]2CCCCC2=O)c(C#N)c1-c1ccco1. The highest BCUT2D eigenvalue weighted by Crippen LogP contribution is 2.39. The molecule has 0 spiro atoms. The predicted molar refractivity (Wildman–Crippen MR) is 88.9 cm³/mol. The molecule has 3 rings (SSSR count). The minimum absolute atomic E-state index is 0.0358. The van der Waals surface area contributed by atoms with Gasteiger partial charge in [-0.3, -0.25) is 4.79 Å². The Bertz CT molecular complexity index is 862. The third-order valence-electron chi connectivity index (χ3n) is 3.94. The second kappa shape index (κ2) is 6.77. The summed E-state index contributed by atoms with van der Waals surface area (Å²) in [6.45, 7) is 0. The van der Waals surface area contributed by atoms with Gasteiger partial charge in [0.15, 0.2) is 0 Å². The van der Waals surface area contributed by atoms with Crippen molar-refractivity contribution in [3.8, 4) is 23.5 Å². The number of anilines is 1. The third kappa shape index (κ3) is 2.86. The van der Waals surface area contributed by atoms with Gasteiger partial charge in [-0.05, 0) is 25.0 Å². The Balaban J connectivity index is 2.12. The van der Waals surface area contributed by atoms with Crippen molar-refractivity contribution in [2.75, 3.05) is 5.73 Å². The molecule has 0 bridgehead atoms. The van der Waals surface area contributed by atoms with Crippen LogP contribution >= 0.6 is 11.8 Å². The Morgan fingerprint density at radius 2 is 2.08 bits per heavy atom. The van der Waals surface area contributed by atoms with Gasteiger partial charge in [0.1, 0.15) is 40.1 Å². The first kappa shape index (κ1) is 16.1. The van der Waals surface area contributed by atoms with Gasteiger partial charge in [-0.1, -0.05) is 18.2 Å². The Labute approximate surface area is 143 Å². The molecule has 24 heavy (non-hydrogen) atoms. The fourth-order valence-electron chi connectivity index (χ4n) is 2.76. The molecule has 1 aliphatic carbocycles. The van der Waals surface area contributed by atoms with Gasteiger partial charge in [-0.25, -0.2) is 4.98 Å². The Kier molecular flexibility index (Phi) is 4.54. The molecule has 0 aliphatic heterocycles. The van der Waals surface area contributed by atoms with Gasteiger partial charge >= 0.3 is 0 Å². The first-order valence-electron chi connectivity index (χ1n) is 7.52. The molecule has 1 saturated carbocycles. The molecular formula is C17H14N4O2S. The van der Waals surface area contributed by atoms with Crippen LogP contribution < -0.4 is 5.73 Å². The topological polar surface area (TPSA) is 117 Å². The van der Waals surface area contributed by atoms with E-state index in [9.17, 15) is 15.3 Å². The standard InChI is InChI=1S/C17H14N4O2S/c18-8-10-15(13-5-3-7-23-13)11(9-19)17(21-16(10)20)24-14-6-2-1-4-12(14)22/h3,5,7,14H,1-2,4,6H2,(H2,20,21)/t14-/m1/s1. The van der Waals surface area contributed by atoms with Crippen molar-refractivity contribution in [3.05, 3.63) is 29.5 Å². The Hall–Kier alpha value is -2.77.